The molecule has 2 saturated heterocycles. The van der Waals surface area contributed by atoms with Crippen LogP contribution in [-0.2, 0) is 4.74 Å². The minimum atomic E-state index is -0.171. The van der Waals surface area contributed by atoms with Gasteiger partial charge in [0.05, 0.1) is 0 Å². The van der Waals surface area contributed by atoms with Crippen LogP contribution in [0.25, 0.3) is 11.1 Å². The van der Waals surface area contributed by atoms with Crippen molar-refractivity contribution in [3.63, 3.8) is 0 Å². The molecular weight excluding hydrogens is 400 g/mol. The maximum absolute atomic E-state index is 13.0. The maximum atomic E-state index is 13.0. The first-order chi connectivity index (χ1) is 15.7. The van der Waals surface area contributed by atoms with E-state index in [1.54, 1.807) is 0 Å². The van der Waals surface area contributed by atoms with E-state index < -0.39 is 0 Å². The van der Waals surface area contributed by atoms with E-state index in [4.69, 9.17) is 4.74 Å². The first kappa shape index (κ1) is 21.5. The standard InChI is InChI=1S/C27H34N2O3/c30-18-20-11-14-28(15-12-20)16-21-6-5-13-29(17-21)27(31)32-19-26-24-9-3-1-7-22(24)23-8-2-4-10-25(23)26/h1-4,7-10,20-21,26,30H,5-6,11-19H2. The molecule has 1 amide bonds. The summed E-state index contributed by atoms with van der Waals surface area (Å²) in [5, 5.41) is 9.36. The van der Waals surface area contributed by atoms with Gasteiger partial charge < -0.3 is 19.6 Å². The molecule has 2 heterocycles. The number of carbonyl (C=O) groups excluding carboxylic acids is 1. The lowest BCUT2D eigenvalue weighted by Gasteiger charge is -2.37. The van der Waals surface area contributed by atoms with Crippen LogP contribution in [0.2, 0.25) is 0 Å². The molecule has 3 aliphatic rings. The van der Waals surface area contributed by atoms with Gasteiger partial charge in [0.1, 0.15) is 6.61 Å². The van der Waals surface area contributed by atoms with Crippen molar-refractivity contribution in [1.29, 1.82) is 0 Å². The Kier molecular flexibility index (Phi) is 6.47. The van der Waals surface area contributed by atoms with E-state index in [0.717, 1.165) is 52.0 Å². The van der Waals surface area contributed by atoms with E-state index in [0.29, 0.717) is 25.0 Å². The SMILES string of the molecule is O=C(OCC1c2ccccc2-c2ccccc21)N1CCCC(CN2CCC(CO)CC2)C1. The van der Waals surface area contributed by atoms with Crippen LogP contribution in [0.1, 0.15) is 42.7 Å². The highest BCUT2D eigenvalue weighted by atomic mass is 16.6. The Morgan fingerprint density at radius 2 is 1.56 bits per heavy atom. The van der Waals surface area contributed by atoms with E-state index in [-0.39, 0.29) is 12.0 Å². The molecule has 0 saturated carbocycles. The Balaban J connectivity index is 1.17. The van der Waals surface area contributed by atoms with E-state index in [2.05, 4.69) is 53.4 Å². The van der Waals surface area contributed by atoms with E-state index in [1.807, 2.05) is 4.90 Å². The molecule has 1 aliphatic carbocycles. The van der Waals surface area contributed by atoms with Gasteiger partial charge in [0.15, 0.2) is 0 Å². The van der Waals surface area contributed by atoms with Crippen LogP contribution in [-0.4, -0.2) is 66.9 Å². The van der Waals surface area contributed by atoms with Gasteiger partial charge in [-0.05, 0) is 72.9 Å². The lowest BCUT2D eigenvalue weighted by molar-refractivity contribution is 0.0673. The number of fused-ring (bicyclic) bond motifs is 3. The summed E-state index contributed by atoms with van der Waals surface area (Å²) in [4.78, 5) is 17.4. The van der Waals surface area contributed by atoms with Gasteiger partial charge in [-0.15, -0.1) is 0 Å². The summed E-state index contributed by atoms with van der Waals surface area (Å²) in [5.74, 6) is 1.09. The lowest BCUT2D eigenvalue weighted by Crippen LogP contribution is -2.45. The first-order valence-corrected chi connectivity index (χ1v) is 12.2. The molecule has 32 heavy (non-hydrogen) atoms. The second kappa shape index (κ2) is 9.63. The van der Waals surface area contributed by atoms with Crippen LogP contribution in [0.15, 0.2) is 48.5 Å². The first-order valence-electron chi connectivity index (χ1n) is 12.2. The normalized spacial score (nSPS) is 21.9. The molecule has 0 bridgehead atoms. The number of aliphatic hydroxyl groups excluding tert-OH is 1. The third kappa shape index (κ3) is 4.41. The number of ether oxygens (including phenoxy) is 1. The van der Waals surface area contributed by atoms with Gasteiger partial charge in [0, 0.05) is 32.2 Å². The lowest BCUT2D eigenvalue weighted by atomic mass is 9.94. The molecule has 1 unspecified atom stereocenters. The van der Waals surface area contributed by atoms with Crippen molar-refractivity contribution in [3.8, 4) is 11.1 Å². The zero-order chi connectivity index (χ0) is 21.9. The molecule has 5 heteroatoms. The molecule has 0 radical (unpaired) electrons. The molecule has 0 aromatic heterocycles. The molecule has 1 N–H and O–H groups in total. The smallest absolute Gasteiger partial charge is 0.409 e. The summed E-state index contributed by atoms with van der Waals surface area (Å²) < 4.78 is 5.89. The summed E-state index contributed by atoms with van der Waals surface area (Å²) in [6.07, 6.45) is 4.21. The van der Waals surface area contributed by atoms with Crippen LogP contribution in [0.5, 0.6) is 0 Å². The second-order valence-corrected chi connectivity index (χ2v) is 9.68. The number of likely N-dealkylation sites (tertiary alicyclic amines) is 2. The van der Waals surface area contributed by atoms with Gasteiger partial charge >= 0.3 is 6.09 Å². The van der Waals surface area contributed by atoms with E-state index in [1.165, 1.54) is 28.7 Å². The summed E-state index contributed by atoms with van der Waals surface area (Å²) in [7, 11) is 0. The summed E-state index contributed by atoms with van der Waals surface area (Å²) in [5.41, 5.74) is 5.02. The van der Waals surface area contributed by atoms with Gasteiger partial charge in [-0.25, -0.2) is 4.79 Å². The number of benzene rings is 2. The third-order valence-corrected chi connectivity index (χ3v) is 7.59. The highest BCUT2D eigenvalue weighted by Gasteiger charge is 2.31. The second-order valence-electron chi connectivity index (χ2n) is 9.68. The molecule has 170 valence electrons. The average molecular weight is 435 g/mol. The molecule has 2 fully saturated rings. The van der Waals surface area contributed by atoms with Crippen molar-refractivity contribution in [3.05, 3.63) is 59.7 Å². The zero-order valence-electron chi connectivity index (χ0n) is 18.8. The van der Waals surface area contributed by atoms with Crippen LogP contribution in [0, 0.1) is 11.8 Å². The molecular formula is C27H34N2O3. The minimum Gasteiger partial charge on any atom is -0.448 e. The maximum Gasteiger partial charge on any atom is 0.409 e. The Morgan fingerprint density at radius 1 is 0.906 bits per heavy atom. The molecule has 2 aromatic carbocycles. The summed E-state index contributed by atoms with van der Waals surface area (Å²) in [6, 6.07) is 16.9. The highest BCUT2D eigenvalue weighted by Crippen LogP contribution is 2.44. The fourth-order valence-electron chi connectivity index (χ4n) is 5.78. The number of nitrogens with zero attached hydrogens (tertiary/aromatic N) is 2. The van der Waals surface area contributed by atoms with Gasteiger partial charge in [-0.3, -0.25) is 0 Å². The molecule has 0 spiro atoms. The Labute approximate surface area is 191 Å². The van der Waals surface area contributed by atoms with Gasteiger partial charge in [-0.1, -0.05) is 48.5 Å². The molecule has 2 aliphatic heterocycles. The van der Waals surface area contributed by atoms with Crippen LogP contribution in [0.4, 0.5) is 4.79 Å². The predicted octanol–water partition coefficient (Wildman–Crippen LogP) is 4.35. The monoisotopic (exact) mass is 434 g/mol. The van der Waals surface area contributed by atoms with Crippen LogP contribution in [0.3, 0.4) is 0 Å². The molecule has 5 rings (SSSR count). The number of hydrogen-bond donors (Lipinski definition) is 1. The van der Waals surface area contributed by atoms with Crippen molar-refractivity contribution in [2.24, 2.45) is 11.8 Å². The number of carbonyl (C=O) groups is 1. The number of rotatable bonds is 5. The zero-order valence-corrected chi connectivity index (χ0v) is 18.8. The quantitative estimate of drug-likeness (QED) is 0.760. The largest absolute Gasteiger partial charge is 0.448 e. The average Bonchev–Trinajstić information content (AvgIpc) is 3.17. The van der Waals surface area contributed by atoms with E-state index >= 15 is 0 Å². The molecule has 2 aromatic rings. The Bertz CT molecular complexity index is 893. The number of piperidine rings is 2. The fourth-order valence-corrected chi connectivity index (χ4v) is 5.78. The Morgan fingerprint density at radius 3 is 2.22 bits per heavy atom. The summed E-state index contributed by atoms with van der Waals surface area (Å²) in [6.45, 7) is 5.45. The van der Waals surface area contributed by atoms with Crippen molar-refractivity contribution < 1.29 is 14.6 Å². The fraction of sp³-hybridized carbons (Fsp3) is 0.519. The van der Waals surface area contributed by atoms with Crippen molar-refractivity contribution in [1.82, 2.24) is 9.80 Å². The van der Waals surface area contributed by atoms with Crippen molar-refractivity contribution in [2.45, 2.75) is 31.6 Å². The number of amides is 1. The molecule has 1 atom stereocenters. The minimum absolute atomic E-state index is 0.111. The van der Waals surface area contributed by atoms with Gasteiger partial charge in [-0.2, -0.15) is 0 Å². The van der Waals surface area contributed by atoms with Crippen LogP contribution < -0.4 is 0 Å². The van der Waals surface area contributed by atoms with E-state index in [9.17, 15) is 9.90 Å². The third-order valence-electron chi connectivity index (χ3n) is 7.59. The van der Waals surface area contributed by atoms with Gasteiger partial charge in [0.2, 0.25) is 0 Å². The van der Waals surface area contributed by atoms with Crippen molar-refractivity contribution in [2.75, 3.05) is 45.9 Å². The number of aliphatic hydroxyl groups is 1. The molecule has 5 nitrogen and oxygen atoms in total. The van der Waals surface area contributed by atoms with Gasteiger partial charge in [0.25, 0.3) is 0 Å². The highest BCUT2D eigenvalue weighted by molar-refractivity contribution is 5.79. The van der Waals surface area contributed by atoms with Crippen LogP contribution >= 0.6 is 0 Å². The number of hydrogen-bond acceptors (Lipinski definition) is 4. The summed E-state index contributed by atoms with van der Waals surface area (Å²) >= 11 is 0. The Hall–Kier alpha value is -2.37. The van der Waals surface area contributed by atoms with Crippen molar-refractivity contribution >= 4 is 6.09 Å². The predicted molar refractivity (Wildman–Crippen MR) is 126 cm³/mol. The topological polar surface area (TPSA) is 53.0 Å².